The minimum atomic E-state index is 0.788. The van der Waals surface area contributed by atoms with Crippen molar-refractivity contribution in [2.24, 2.45) is 0 Å². The van der Waals surface area contributed by atoms with Crippen molar-refractivity contribution in [3.05, 3.63) is 42.0 Å². The van der Waals surface area contributed by atoms with E-state index in [1.807, 2.05) is 28.1 Å². The lowest BCUT2D eigenvalue weighted by molar-refractivity contribution is 0.309. The Morgan fingerprint density at radius 2 is 2.11 bits per heavy atom. The minimum absolute atomic E-state index is 0.788. The Hall–Kier alpha value is -1.81. The van der Waals surface area contributed by atoms with Crippen LogP contribution in [0.1, 0.15) is 19.8 Å². The van der Waals surface area contributed by atoms with Gasteiger partial charge in [0.05, 0.1) is 12.3 Å². The molecule has 0 aliphatic carbocycles. The highest BCUT2D eigenvalue weighted by Crippen LogP contribution is 2.23. The Morgan fingerprint density at radius 3 is 2.84 bits per heavy atom. The number of rotatable bonds is 5. The maximum atomic E-state index is 5.66. The van der Waals surface area contributed by atoms with Crippen LogP contribution in [0, 0.1) is 0 Å². The molecule has 19 heavy (non-hydrogen) atoms. The van der Waals surface area contributed by atoms with Crippen LogP contribution in [0.4, 0.5) is 0 Å². The zero-order chi connectivity index (χ0) is 13.1. The Bertz CT molecular complexity index is 626. The van der Waals surface area contributed by atoms with Gasteiger partial charge in [0.25, 0.3) is 0 Å². The number of fused-ring (bicyclic) bond motifs is 1. The number of thiazole rings is 1. The highest BCUT2D eigenvalue weighted by molar-refractivity contribution is 7.15. The molecule has 3 aromatic rings. The fraction of sp³-hybridized carbons (Fsp3) is 0.267. The molecule has 0 spiro atoms. The molecule has 0 aliphatic heterocycles. The van der Waals surface area contributed by atoms with Gasteiger partial charge in [0.2, 0.25) is 0 Å². The molecule has 0 aliphatic rings. The summed E-state index contributed by atoms with van der Waals surface area (Å²) >= 11 is 1.65. The van der Waals surface area contributed by atoms with Crippen LogP contribution in [0.2, 0.25) is 0 Å². The zero-order valence-electron chi connectivity index (χ0n) is 10.9. The third-order valence-electron chi connectivity index (χ3n) is 3.01. The van der Waals surface area contributed by atoms with Gasteiger partial charge in [-0.25, -0.2) is 4.98 Å². The van der Waals surface area contributed by atoms with Gasteiger partial charge in [0.1, 0.15) is 5.75 Å². The lowest BCUT2D eigenvalue weighted by Crippen LogP contribution is -1.95. The largest absolute Gasteiger partial charge is 0.494 e. The van der Waals surface area contributed by atoms with Crippen LogP contribution in [-0.4, -0.2) is 16.0 Å². The average molecular weight is 272 g/mol. The number of ether oxygens (including phenoxy) is 1. The third-order valence-corrected chi connectivity index (χ3v) is 3.78. The lowest BCUT2D eigenvalue weighted by Gasteiger charge is -2.05. The topological polar surface area (TPSA) is 26.5 Å². The van der Waals surface area contributed by atoms with Crippen molar-refractivity contribution in [3.8, 4) is 17.0 Å². The third kappa shape index (κ3) is 2.63. The van der Waals surface area contributed by atoms with E-state index in [4.69, 9.17) is 4.74 Å². The molecule has 0 radical (unpaired) electrons. The normalized spacial score (nSPS) is 11.0. The average Bonchev–Trinajstić information content (AvgIpc) is 3.01. The molecule has 0 saturated carbocycles. The second kappa shape index (κ2) is 5.45. The minimum Gasteiger partial charge on any atom is -0.494 e. The van der Waals surface area contributed by atoms with E-state index in [0.29, 0.717) is 0 Å². The second-order valence-corrected chi connectivity index (χ2v) is 5.32. The van der Waals surface area contributed by atoms with Crippen LogP contribution >= 0.6 is 11.3 Å². The van der Waals surface area contributed by atoms with E-state index in [1.165, 1.54) is 0 Å². The van der Waals surface area contributed by atoms with Crippen molar-refractivity contribution in [2.45, 2.75) is 19.8 Å². The van der Waals surface area contributed by atoms with Crippen molar-refractivity contribution in [2.75, 3.05) is 6.61 Å². The first-order chi connectivity index (χ1) is 9.36. The van der Waals surface area contributed by atoms with Gasteiger partial charge in [0, 0.05) is 23.3 Å². The summed E-state index contributed by atoms with van der Waals surface area (Å²) in [5.41, 5.74) is 2.13. The second-order valence-electron chi connectivity index (χ2n) is 4.45. The number of nitrogens with zero attached hydrogens (tertiary/aromatic N) is 2. The first-order valence-corrected chi connectivity index (χ1v) is 7.40. The molecule has 2 aromatic heterocycles. The number of unbranched alkanes of at least 4 members (excludes halogenated alkanes) is 1. The Kier molecular flexibility index (Phi) is 3.51. The first kappa shape index (κ1) is 12.2. The molecule has 0 atom stereocenters. The molecule has 0 unspecified atom stereocenters. The summed E-state index contributed by atoms with van der Waals surface area (Å²) in [4.78, 5) is 5.61. The van der Waals surface area contributed by atoms with Crippen molar-refractivity contribution in [3.63, 3.8) is 0 Å². The number of benzene rings is 1. The van der Waals surface area contributed by atoms with Gasteiger partial charge in [-0.05, 0) is 30.7 Å². The smallest absolute Gasteiger partial charge is 0.194 e. The predicted molar refractivity (Wildman–Crippen MR) is 78.9 cm³/mol. The van der Waals surface area contributed by atoms with Crippen LogP contribution < -0.4 is 4.74 Å². The zero-order valence-corrected chi connectivity index (χ0v) is 11.7. The van der Waals surface area contributed by atoms with Gasteiger partial charge in [0.15, 0.2) is 4.96 Å². The van der Waals surface area contributed by atoms with Gasteiger partial charge in [-0.2, -0.15) is 0 Å². The molecule has 1 aromatic carbocycles. The molecule has 98 valence electrons. The molecule has 2 heterocycles. The summed E-state index contributed by atoms with van der Waals surface area (Å²) in [5.74, 6) is 0.929. The van der Waals surface area contributed by atoms with E-state index < -0.39 is 0 Å². The van der Waals surface area contributed by atoms with Crippen LogP contribution in [0.15, 0.2) is 42.0 Å². The van der Waals surface area contributed by atoms with Crippen LogP contribution in [0.5, 0.6) is 5.75 Å². The van der Waals surface area contributed by atoms with Crippen molar-refractivity contribution in [1.82, 2.24) is 9.38 Å². The molecular formula is C15H16N2OS. The van der Waals surface area contributed by atoms with Gasteiger partial charge in [-0.3, -0.25) is 4.40 Å². The fourth-order valence-electron chi connectivity index (χ4n) is 1.92. The number of imidazole rings is 1. The Balaban J connectivity index is 1.76. The van der Waals surface area contributed by atoms with Gasteiger partial charge in [-0.15, -0.1) is 11.3 Å². The summed E-state index contributed by atoms with van der Waals surface area (Å²) < 4.78 is 7.70. The maximum absolute atomic E-state index is 5.66. The van der Waals surface area contributed by atoms with Crippen LogP contribution in [0.25, 0.3) is 16.2 Å². The van der Waals surface area contributed by atoms with Crippen molar-refractivity contribution in [1.29, 1.82) is 0 Å². The number of aromatic nitrogens is 2. The monoisotopic (exact) mass is 272 g/mol. The number of hydrogen-bond acceptors (Lipinski definition) is 3. The van der Waals surface area contributed by atoms with Crippen molar-refractivity contribution >= 4 is 16.3 Å². The van der Waals surface area contributed by atoms with Gasteiger partial charge in [-0.1, -0.05) is 13.3 Å². The maximum Gasteiger partial charge on any atom is 0.194 e. The summed E-state index contributed by atoms with van der Waals surface area (Å²) in [6.07, 6.45) is 6.33. The van der Waals surface area contributed by atoms with E-state index in [2.05, 4.69) is 30.2 Å². The predicted octanol–water partition coefficient (Wildman–Crippen LogP) is 4.24. The van der Waals surface area contributed by atoms with Gasteiger partial charge >= 0.3 is 0 Å². The first-order valence-electron chi connectivity index (χ1n) is 6.52. The summed E-state index contributed by atoms with van der Waals surface area (Å²) in [6.45, 7) is 2.95. The fourth-order valence-corrected chi connectivity index (χ4v) is 2.62. The molecule has 3 nitrogen and oxygen atoms in total. The standard InChI is InChI=1S/C15H16N2OS/c1-2-3-9-18-13-6-4-12(5-7-13)14-11-17-8-10-19-15(17)16-14/h4-8,10-11H,2-3,9H2,1H3. The molecule has 0 saturated heterocycles. The molecule has 0 fully saturated rings. The van der Waals surface area contributed by atoms with Crippen LogP contribution in [0.3, 0.4) is 0 Å². The van der Waals surface area contributed by atoms with E-state index >= 15 is 0 Å². The van der Waals surface area contributed by atoms with Crippen LogP contribution in [-0.2, 0) is 0 Å². The van der Waals surface area contributed by atoms with E-state index in [0.717, 1.165) is 41.4 Å². The Labute approximate surface area is 116 Å². The van der Waals surface area contributed by atoms with E-state index in [-0.39, 0.29) is 0 Å². The molecule has 0 bridgehead atoms. The molecular weight excluding hydrogens is 256 g/mol. The molecule has 0 N–H and O–H groups in total. The van der Waals surface area contributed by atoms with Crippen molar-refractivity contribution < 1.29 is 4.74 Å². The summed E-state index contributed by atoms with van der Waals surface area (Å²) in [7, 11) is 0. The Morgan fingerprint density at radius 1 is 1.26 bits per heavy atom. The molecule has 4 heteroatoms. The van der Waals surface area contributed by atoms with Gasteiger partial charge < -0.3 is 4.74 Å². The highest BCUT2D eigenvalue weighted by atomic mass is 32.1. The van der Waals surface area contributed by atoms with E-state index in [9.17, 15) is 0 Å². The highest BCUT2D eigenvalue weighted by Gasteiger charge is 2.05. The quantitative estimate of drug-likeness (QED) is 0.649. The summed E-state index contributed by atoms with van der Waals surface area (Å²) in [5, 5.41) is 2.04. The SMILES string of the molecule is CCCCOc1ccc(-c2cn3ccsc3n2)cc1. The van der Waals surface area contributed by atoms with E-state index in [1.54, 1.807) is 11.3 Å². The lowest BCUT2D eigenvalue weighted by atomic mass is 10.2. The number of hydrogen-bond donors (Lipinski definition) is 0. The summed E-state index contributed by atoms with van der Waals surface area (Å²) in [6, 6.07) is 8.15. The molecule has 0 amide bonds. The molecule has 3 rings (SSSR count).